The maximum absolute atomic E-state index is 12.5. The fourth-order valence-electron chi connectivity index (χ4n) is 3.40. The van der Waals surface area contributed by atoms with E-state index in [9.17, 15) is 13.2 Å². The minimum Gasteiger partial charge on any atom is -0.324 e. The Bertz CT molecular complexity index is 657. The molecule has 0 saturated heterocycles. The standard InChI is InChI=1S/C18H28N2O3S/c1-14-9-8-10-15(2)18(14)19-17(21)13-20(24(3,22)23)16-11-6-4-5-7-12-16/h8-10,16H,4-7,11-13H2,1-3H3,(H,19,21). The van der Waals surface area contributed by atoms with Crippen LogP contribution in [-0.2, 0) is 14.8 Å². The Balaban J connectivity index is 2.13. The van der Waals surface area contributed by atoms with Crippen molar-refractivity contribution in [1.82, 2.24) is 4.31 Å². The molecule has 0 radical (unpaired) electrons. The zero-order valence-corrected chi connectivity index (χ0v) is 15.7. The summed E-state index contributed by atoms with van der Waals surface area (Å²) in [5.74, 6) is -0.276. The lowest BCUT2D eigenvalue weighted by molar-refractivity contribution is -0.116. The van der Waals surface area contributed by atoms with E-state index in [0.717, 1.165) is 55.3 Å². The van der Waals surface area contributed by atoms with Gasteiger partial charge in [-0.3, -0.25) is 4.79 Å². The van der Waals surface area contributed by atoms with Gasteiger partial charge in [0.05, 0.1) is 12.8 Å². The molecular weight excluding hydrogens is 324 g/mol. The third kappa shape index (κ3) is 5.05. The van der Waals surface area contributed by atoms with Crippen molar-refractivity contribution in [1.29, 1.82) is 0 Å². The van der Waals surface area contributed by atoms with E-state index >= 15 is 0 Å². The molecule has 0 heterocycles. The van der Waals surface area contributed by atoms with Crippen molar-refractivity contribution in [3.8, 4) is 0 Å². The molecule has 1 aliphatic carbocycles. The summed E-state index contributed by atoms with van der Waals surface area (Å²) in [5, 5.41) is 2.89. The molecule has 1 fully saturated rings. The average molecular weight is 353 g/mol. The van der Waals surface area contributed by atoms with Gasteiger partial charge in [-0.15, -0.1) is 0 Å². The van der Waals surface area contributed by atoms with Crippen molar-refractivity contribution in [3.05, 3.63) is 29.3 Å². The number of nitrogens with zero attached hydrogens (tertiary/aromatic N) is 1. The predicted octanol–water partition coefficient (Wildman–Crippen LogP) is 3.23. The predicted molar refractivity (Wildman–Crippen MR) is 97.6 cm³/mol. The van der Waals surface area contributed by atoms with Gasteiger partial charge in [0, 0.05) is 11.7 Å². The van der Waals surface area contributed by atoms with Crippen molar-refractivity contribution < 1.29 is 13.2 Å². The SMILES string of the molecule is Cc1cccc(C)c1NC(=O)CN(C1CCCCCC1)S(C)(=O)=O. The molecule has 1 N–H and O–H groups in total. The van der Waals surface area contributed by atoms with Gasteiger partial charge in [0.1, 0.15) is 0 Å². The number of anilines is 1. The summed E-state index contributed by atoms with van der Waals surface area (Å²) >= 11 is 0. The van der Waals surface area contributed by atoms with E-state index in [0.29, 0.717) is 0 Å². The molecule has 0 spiro atoms. The van der Waals surface area contributed by atoms with Crippen LogP contribution in [-0.4, -0.2) is 37.5 Å². The summed E-state index contributed by atoms with van der Waals surface area (Å²) in [7, 11) is -3.42. The number of hydrogen-bond acceptors (Lipinski definition) is 3. The molecule has 0 aliphatic heterocycles. The van der Waals surface area contributed by atoms with E-state index in [1.165, 1.54) is 10.6 Å². The van der Waals surface area contributed by atoms with E-state index in [-0.39, 0.29) is 18.5 Å². The Labute approximate surface area is 145 Å². The molecule has 0 bridgehead atoms. The smallest absolute Gasteiger partial charge is 0.239 e. The van der Waals surface area contributed by atoms with Crippen molar-refractivity contribution >= 4 is 21.6 Å². The molecule has 0 atom stereocenters. The van der Waals surface area contributed by atoms with E-state index in [1.807, 2.05) is 32.0 Å². The fraction of sp³-hybridized carbons (Fsp3) is 0.611. The van der Waals surface area contributed by atoms with Gasteiger partial charge in [-0.1, -0.05) is 43.9 Å². The molecule has 0 aromatic heterocycles. The van der Waals surface area contributed by atoms with E-state index in [2.05, 4.69) is 5.32 Å². The molecule has 1 aromatic rings. The van der Waals surface area contributed by atoms with Gasteiger partial charge in [-0.2, -0.15) is 4.31 Å². The Morgan fingerprint density at radius 3 is 2.17 bits per heavy atom. The minimum absolute atomic E-state index is 0.0637. The Morgan fingerprint density at radius 1 is 1.12 bits per heavy atom. The van der Waals surface area contributed by atoms with Crippen molar-refractivity contribution in [2.75, 3.05) is 18.1 Å². The first kappa shape index (κ1) is 18.9. The zero-order chi connectivity index (χ0) is 17.7. The van der Waals surface area contributed by atoms with Crippen LogP contribution in [0.25, 0.3) is 0 Å². The van der Waals surface area contributed by atoms with Gasteiger partial charge in [-0.25, -0.2) is 8.42 Å². The van der Waals surface area contributed by atoms with Crippen LogP contribution in [0.2, 0.25) is 0 Å². The number of nitrogens with one attached hydrogen (secondary N) is 1. The molecule has 1 saturated carbocycles. The quantitative estimate of drug-likeness (QED) is 0.827. The molecule has 5 nitrogen and oxygen atoms in total. The molecule has 134 valence electrons. The number of amides is 1. The highest BCUT2D eigenvalue weighted by Gasteiger charge is 2.29. The third-order valence-corrected chi connectivity index (χ3v) is 5.98. The lowest BCUT2D eigenvalue weighted by atomic mass is 10.1. The van der Waals surface area contributed by atoms with Crippen molar-refractivity contribution in [3.63, 3.8) is 0 Å². The second kappa shape index (κ2) is 8.12. The normalized spacial score (nSPS) is 16.8. The molecule has 6 heteroatoms. The number of rotatable bonds is 5. The Hall–Kier alpha value is -1.40. The summed E-state index contributed by atoms with van der Waals surface area (Å²) in [6, 6.07) is 5.74. The number of aryl methyl sites for hydroxylation is 2. The molecule has 24 heavy (non-hydrogen) atoms. The third-order valence-electron chi connectivity index (χ3n) is 4.70. The number of carbonyl (C=O) groups is 1. The van der Waals surface area contributed by atoms with Crippen LogP contribution < -0.4 is 5.32 Å². The number of benzene rings is 1. The van der Waals surface area contributed by atoms with Gasteiger partial charge in [0.15, 0.2) is 0 Å². The van der Waals surface area contributed by atoms with Gasteiger partial charge in [-0.05, 0) is 37.8 Å². The molecular formula is C18H28N2O3S. The highest BCUT2D eigenvalue weighted by molar-refractivity contribution is 7.88. The highest BCUT2D eigenvalue weighted by atomic mass is 32.2. The second-order valence-corrected chi connectivity index (χ2v) is 8.70. The minimum atomic E-state index is -3.42. The van der Waals surface area contributed by atoms with Crippen molar-refractivity contribution in [2.24, 2.45) is 0 Å². The summed E-state index contributed by atoms with van der Waals surface area (Å²) in [6.07, 6.45) is 7.20. The first-order valence-electron chi connectivity index (χ1n) is 8.62. The molecule has 0 unspecified atom stereocenters. The number of carbonyl (C=O) groups excluding carboxylic acids is 1. The summed E-state index contributed by atoms with van der Waals surface area (Å²) in [5.41, 5.74) is 2.73. The van der Waals surface area contributed by atoms with Crippen LogP contribution in [0.4, 0.5) is 5.69 Å². The largest absolute Gasteiger partial charge is 0.324 e. The number of para-hydroxylation sites is 1. The molecule has 1 amide bonds. The number of sulfonamides is 1. The highest BCUT2D eigenvalue weighted by Crippen LogP contribution is 2.24. The lowest BCUT2D eigenvalue weighted by Gasteiger charge is -2.28. The van der Waals surface area contributed by atoms with Gasteiger partial charge in [0.2, 0.25) is 15.9 Å². The topological polar surface area (TPSA) is 66.5 Å². The van der Waals surface area contributed by atoms with Crippen LogP contribution in [0.1, 0.15) is 49.7 Å². The van der Waals surface area contributed by atoms with E-state index in [4.69, 9.17) is 0 Å². The van der Waals surface area contributed by atoms with E-state index < -0.39 is 10.0 Å². The Kier molecular flexibility index (Phi) is 6.40. The van der Waals surface area contributed by atoms with Crippen LogP contribution in [0, 0.1) is 13.8 Å². The van der Waals surface area contributed by atoms with E-state index in [1.54, 1.807) is 0 Å². The maximum atomic E-state index is 12.5. The molecule has 2 rings (SSSR count). The van der Waals surface area contributed by atoms with Crippen LogP contribution in [0.3, 0.4) is 0 Å². The average Bonchev–Trinajstić information content (AvgIpc) is 2.76. The van der Waals surface area contributed by atoms with Gasteiger partial charge < -0.3 is 5.32 Å². The molecule has 1 aromatic carbocycles. The first-order chi connectivity index (χ1) is 11.3. The van der Waals surface area contributed by atoms with Crippen LogP contribution in [0.15, 0.2) is 18.2 Å². The first-order valence-corrected chi connectivity index (χ1v) is 10.5. The fourth-order valence-corrected chi connectivity index (χ4v) is 4.50. The maximum Gasteiger partial charge on any atom is 0.239 e. The van der Waals surface area contributed by atoms with Crippen LogP contribution in [0.5, 0.6) is 0 Å². The van der Waals surface area contributed by atoms with Crippen LogP contribution >= 0.6 is 0 Å². The number of hydrogen-bond donors (Lipinski definition) is 1. The monoisotopic (exact) mass is 352 g/mol. The lowest BCUT2D eigenvalue weighted by Crippen LogP contribution is -2.44. The summed E-state index contributed by atoms with van der Waals surface area (Å²) in [6.45, 7) is 3.75. The molecule has 1 aliphatic rings. The second-order valence-electron chi connectivity index (χ2n) is 6.77. The van der Waals surface area contributed by atoms with Crippen molar-refractivity contribution in [2.45, 2.75) is 58.4 Å². The Morgan fingerprint density at radius 2 is 1.67 bits per heavy atom. The summed E-state index contributed by atoms with van der Waals surface area (Å²) in [4.78, 5) is 12.5. The van der Waals surface area contributed by atoms with Gasteiger partial charge >= 0.3 is 0 Å². The summed E-state index contributed by atoms with van der Waals surface area (Å²) < 4.78 is 25.8. The van der Waals surface area contributed by atoms with Gasteiger partial charge in [0.25, 0.3) is 0 Å². The zero-order valence-electron chi connectivity index (χ0n) is 14.8.